The summed E-state index contributed by atoms with van der Waals surface area (Å²) in [6.45, 7) is 7.40. The fraction of sp³-hybridized carbons (Fsp3) is 0.516. The van der Waals surface area contributed by atoms with Crippen LogP contribution in [0.5, 0.6) is 0 Å². The molecule has 3 amide bonds. The van der Waals surface area contributed by atoms with Crippen LogP contribution in [-0.4, -0.2) is 59.0 Å². The standard InChI is InChI=1S/C31H39N3O4/c1-31(2,3)38-30(37)33-18-22(16-21-10-5-4-6-11-21)23(19-33)20-34(24-12-9-13-24)29(36)26-17-28(35)32-27-15-8-7-14-25(26)27/h4-8,10-11,14-15,22-24,26H,9,12-13,16-20H2,1-3H3,(H,32,35)/t22-,23-,26?/m1/s1. The van der Waals surface area contributed by atoms with E-state index in [0.29, 0.717) is 19.6 Å². The van der Waals surface area contributed by atoms with Crippen molar-refractivity contribution in [2.24, 2.45) is 11.8 Å². The number of nitrogens with zero attached hydrogens (tertiary/aromatic N) is 2. The molecule has 1 unspecified atom stereocenters. The molecule has 2 aromatic rings. The van der Waals surface area contributed by atoms with E-state index in [0.717, 1.165) is 36.9 Å². The Hall–Kier alpha value is -3.35. The summed E-state index contributed by atoms with van der Waals surface area (Å²) in [6, 6.07) is 18.2. The molecule has 7 heteroatoms. The molecule has 5 rings (SSSR count). The average molecular weight is 518 g/mol. The molecule has 2 aliphatic heterocycles. The summed E-state index contributed by atoms with van der Waals surface area (Å²) in [5, 5.41) is 2.92. The van der Waals surface area contributed by atoms with Crippen molar-refractivity contribution in [3.8, 4) is 0 Å². The molecule has 7 nitrogen and oxygen atoms in total. The van der Waals surface area contributed by atoms with E-state index in [1.165, 1.54) is 5.56 Å². The van der Waals surface area contributed by atoms with Gasteiger partial charge in [0.15, 0.2) is 0 Å². The summed E-state index contributed by atoms with van der Waals surface area (Å²) >= 11 is 0. The topological polar surface area (TPSA) is 79.0 Å². The summed E-state index contributed by atoms with van der Waals surface area (Å²) in [6.07, 6.45) is 3.79. The molecule has 1 saturated heterocycles. The number of ether oxygens (including phenoxy) is 1. The Morgan fingerprint density at radius 3 is 2.37 bits per heavy atom. The molecule has 2 aromatic carbocycles. The van der Waals surface area contributed by atoms with Crippen LogP contribution in [0.4, 0.5) is 10.5 Å². The summed E-state index contributed by atoms with van der Waals surface area (Å²) < 4.78 is 5.71. The zero-order valence-corrected chi connectivity index (χ0v) is 22.7. The molecule has 202 valence electrons. The minimum Gasteiger partial charge on any atom is -0.444 e. The number of anilines is 1. The molecule has 0 spiro atoms. The van der Waals surface area contributed by atoms with E-state index >= 15 is 0 Å². The van der Waals surface area contributed by atoms with Crippen LogP contribution in [0.1, 0.15) is 63.5 Å². The van der Waals surface area contributed by atoms with Crippen LogP contribution >= 0.6 is 0 Å². The van der Waals surface area contributed by atoms with Gasteiger partial charge in [-0.1, -0.05) is 48.5 Å². The second-order valence-corrected chi connectivity index (χ2v) is 12.1. The summed E-state index contributed by atoms with van der Waals surface area (Å²) in [7, 11) is 0. The molecule has 0 bridgehead atoms. The molecule has 1 aliphatic carbocycles. The largest absolute Gasteiger partial charge is 0.444 e. The lowest BCUT2D eigenvalue weighted by atomic mass is 9.83. The van der Waals surface area contributed by atoms with E-state index < -0.39 is 11.5 Å². The maximum Gasteiger partial charge on any atom is 0.410 e. The number of benzene rings is 2. The number of fused-ring (bicyclic) bond motifs is 1. The highest BCUT2D eigenvalue weighted by Crippen LogP contribution is 2.38. The normalized spacial score (nSPS) is 23.3. The number of para-hydroxylation sites is 1. The zero-order chi connectivity index (χ0) is 26.9. The molecule has 1 saturated carbocycles. The minimum atomic E-state index is -0.563. The molecule has 2 fully saturated rings. The first-order chi connectivity index (χ1) is 18.2. The van der Waals surface area contributed by atoms with Gasteiger partial charge in [0.2, 0.25) is 11.8 Å². The monoisotopic (exact) mass is 517 g/mol. The van der Waals surface area contributed by atoms with Gasteiger partial charge in [0.25, 0.3) is 0 Å². The predicted octanol–water partition coefficient (Wildman–Crippen LogP) is 5.22. The van der Waals surface area contributed by atoms with E-state index in [2.05, 4.69) is 17.4 Å². The summed E-state index contributed by atoms with van der Waals surface area (Å²) in [5.41, 5.74) is 2.29. The van der Waals surface area contributed by atoms with Gasteiger partial charge in [-0.2, -0.15) is 0 Å². The van der Waals surface area contributed by atoms with E-state index in [-0.39, 0.29) is 42.2 Å². The average Bonchev–Trinajstić information content (AvgIpc) is 3.23. The molecule has 38 heavy (non-hydrogen) atoms. The number of hydrogen-bond donors (Lipinski definition) is 1. The Morgan fingerprint density at radius 2 is 1.68 bits per heavy atom. The molecule has 0 aromatic heterocycles. The molecule has 3 atom stereocenters. The van der Waals surface area contributed by atoms with Gasteiger partial charge < -0.3 is 19.9 Å². The lowest BCUT2D eigenvalue weighted by Crippen LogP contribution is -2.50. The molecule has 0 radical (unpaired) electrons. The van der Waals surface area contributed by atoms with E-state index in [4.69, 9.17) is 4.74 Å². The first kappa shape index (κ1) is 26.3. The van der Waals surface area contributed by atoms with Crippen molar-refractivity contribution >= 4 is 23.6 Å². The Balaban J connectivity index is 1.39. The van der Waals surface area contributed by atoms with Gasteiger partial charge in [-0.3, -0.25) is 9.59 Å². The summed E-state index contributed by atoms with van der Waals surface area (Å²) in [4.78, 5) is 43.5. The number of amides is 3. The van der Waals surface area contributed by atoms with Crippen LogP contribution in [-0.2, 0) is 20.7 Å². The fourth-order valence-corrected chi connectivity index (χ4v) is 5.97. The maximum absolute atomic E-state index is 14.1. The fourth-order valence-electron chi connectivity index (χ4n) is 5.97. The number of carbonyl (C=O) groups excluding carboxylic acids is 3. The van der Waals surface area contributed by atoms with Crippen molar-refractivity contribution in [1.29, 1.82) is 0 Å². The van der Waals surface area contributed by atoms with Crippen LogP contribution in [0.2, 0.25) is 0 Å². The highest BCUT2D eigenvalue weighted by Gasteiger charge is 2.43. The Labute approximate surface area is 225 Å². The second-order valence-electron chi connectivity index (χ2n) is 12.1. The van der Waals surface area contributed by atoms with Crippen LogP contribution in [0.3, 0.4) is 0 Å². The lowest BCUT2D eigenvalue weighted by Gasteiger charge is -2.42. The van der Waals surface area contributed by atoms with Crippen molar-refractivity contribution in [3.05, 3.63) is 65.7 Å². The first-order valence-corrected chi connectivity index (χ1v) is 13.9. The van der Waals surface area contributed by atoms with Crippen LogP contribution in [0.25, 0.3) is 0 Å². The zero-order valence-electron chi connectivity index (χ0n) is 22.7. The van der Waals surface area contributed by atoms with E-state index in [9.17, 15) is 14.4 Å². The lowest BCUT2D eigenvalue weighted by molar-refractivity contribution is -0.139. The number of carbonyl (C=O) groups is 3. The van der Waals surface area contributed by atoms with Gasteiger partial charge in [-0.25, -0.2) is 4.79 Å². The van der Waals surface area contributed by atoms with Gasteiger partial charge in [0, 0.05) is 37.8 Å². The van der Waals surface area contributed by atoms with Crippen LogP contribution < -0.4 is 5.32 Å². The van der Waals surface area contributed by atoms with Crippen molar-refractivity contribution in [3.63, 3.8) is 0 Å². The highest BCUT2D eigenvalue weighted by molar-refractivity contribution is 6.01. The third kappa shape index (κ3) is 5.87. The first-order valence-electron chi connectivity index (χ1n) is 13.9. The molecule has 1 N–H and O–H groups in total. The van der Waals surface area contributed by atoms with Crippen molar-refractivity contribution in [1.82, 2.24) is 9.80 Å². The quantitative estimate of drug-likeness (QED) is 0.570. The molecular weight excluding hydrogens is 478 g/mol. The second kappa shape index (κ2) is 10.8. The third-order valence-electron chi connectivity index (χ3n) is 8.10. The van der Waals surface area contributed by atoms with Crippen molar-refractivity contribution in [2.45, 2.75) is 70.4 Å². The molecule has 2 heterocycles. The van der Waals surface area contributed by atoms with Crippen LogP contribution in [0, 0.1) is 11.8 Å². The Bertz CT molecular complexity index is 1170. The van der Waals surface area contributed by atoms with Gasteiger partial charge in [-0.15, -0.1) is 0 Å². The minimum absolute atomic E-state index is 0.0335. The number of rotatable bonds is 6. The molecular formula is C31H39N3O4. The number of hydrogen-bond acceptors (Lipinski definition) is 4. The highest BCUT2D eigenvalue weighted by atomic mass is 16.6. The predicted molar refractivity (Wildman–Crippen MR) is 147 cm³/mol. The number of nitrogens with one attached hydrogen (secondary N) is 1. The van der Waals surface area contributed by atoms with E-state index in [1.807, 2.05) is 73.0 Å². The Kier molecular flexibility index (Phi) is 7.46. The van der Waals surface area contributed by atoms with Crippen molar-refractivity contribution < 1.29 is 19.1 Å². The summed E-state index contributed by atoms with van der Waals surface area (Å²) in [5.74, 6) is -0.223. The SMILES string of the molecule is CC(C)(C)OC(=O)N1C[C@@H](Cc2ccccc2)[C@@H](CN(C(=O)C2CC(=O)Nc3ccccc32)C2CCC2)C1. The number of likely N-dealkylation sites (tertiary alicyclic amines) is 1. The smallest absolute Gasteiger partial charge is 0.410 e. The van der Waals surface area contributed by atoms with Crippen molar-refractivity contribution in [2.75, 3.05) is 25.0 Å². The van der Waals surface area contributed by atoms with Gasteiger partial charge in [0.05, 0.1) is 5.92 Å². The van der Waals surface area contributed by atoms with Gasteiger partial charge >= 0.3 is 6.09 Å². The van der Waals surface area contributed by atoms with Gasteiger partial charge in [0.1, 0.15) is 5.60 Å². The third-order valence-corrected chi connectivity index (χ3v) is 8.10. The van der Waals surface area contributed by atoms with E-state index in [1.54, 1.807) is 0 Å². The maximum atomic E-state index is 14.1. The Morgan fingerprint density at radius 1 is 1.00 bits per heavy atom. The van der Waals surface area contributed by atoms with Crippen LogP contribution in [0.15, 0.2) is 54.6 Å². The molecule has 3 aliphatic rings. The van der Waals surface area contributed by atoms with Gasteiger partial charge in [-0.05, 0) is 75.5 Å².